The molecule has 0 aliphatic carbocycles. The normalized spacial score (nSPS) is 19.8. The molecule has 1 saturated heterocycles. The second-order valence-corrected chi connectivity index (χ2v) is 8.89. The molecule has 0 radical (unpaired) electrons. The number of amides is 1. The van der Waals surface area contributed by atoms with Gasteiger partial charge in [-0.1, -0.05) is 19.9 Å². The van der Waals surface area contributed by atoms with Gasteiger partial charge in [-0.3, -0.25) is 9.79 Å². The van der Waals surface area contributed by atoms with Gasteiger partial charge in [0.1, 0.15) is 0 Å². The third kappa shape index (κ3) is 6.87. The maximum Gasteiger partial charge on any atom is 0.266 e. The van der Waals surface area contributed by atoms with Crippen LogP contribution in [0.5, 0.6) is 0 Å². The van der Waals surface area contributed by atoms with E-state index in [-0.39, 0.29) is 24.7 Å². The smallest absolute Gasteiger partial charge is 0.266 e. The van der Waals surface area contributed by atoms with E-state index < -0.39 is 0 Å². The molecule has 1 fully saturated rings. The number of dihydropyridines is 1. The van der Waals surface area contributed by atoms with Crippen LogP contribution in [0.25, 0.3) is 0 Å². The molecule has 1 amide bonds. The van der Waals surface area contributed by atoms with Crippen LogP contribution in [0, 0.1) is 5.92 Å². The van der Waals surface area contributed by atoms with Gasteiger partial charge in [0.2, 0.25) is 5.89 Å². The zero-order valence-electron chi connectivity index (χ0n) is 19.5. The van der Waals surface area contributed by atoms with E-state index in [1.54, 1.807) is 0 Å². The summed E-state index contributed by atoms with van der Waals surface area (Å²) < 4.78 is 11.3. The van der Waals surface area contributed by atoms with Gasteiger partial charge >= 0.3 is 0 Å². The first-order valence-corrected chi connectivity index (χ1v) is 11.8. The predicted molar refractivity (Wildman–Crippen MR) is 123 cm³/mol. The average Bonchev–Trinajstić information content (AvgIpc) is 3.28. The Balaban J connectivity index is 1.31. The lowest BCUT2D eigenvalue weighted by atomic mass is 9.92. The van der Waals surface area contributed by atoms with Crippen molar-refractivity contribution in [3.63, 3.8) is 0 Å². The van der Waals surface area contributed by atoms with Crippen molar-refractivity contribution in [3.05, 3.63) is 17.5 Å². The molecular formula is C23H37N5O4. The summed E-state index contributed by atoms with van der Waals surface area (Å²) in [6, 6.07) is 0. The largest absolute Gasteiger partial charge is 0.396 e. The first-order valence-electron chi connectivity index (χ1n) is 11.8. The quantitative estimate of drug-likeness (QED) is 0.502. The zero-order chi connectivity index (χ0) is 22.9. The molecule has 0 saturated carbocycles. The Morgan fingerprint density at radius 1 is 1.34 bits per heavy atom. The van der Waals surface area contributed by atoms with Crippen LogP contribution in [0.2, 0.25) is 0 Å². The molecule has 9 heteroatoms. The van der Waals surface area contributed by atoms with E-state index in [9.17, 15) is 4.79 Å². The summed E-state index contributed by atoms with van der Waals surface area (Å²) in [7, 11) is 0. The number of aliphatic hydroxyl groups excluding tert-OH is 1. The maximum absolute atomic E-state index is 12.2. The Kier molecular flexibility index (Phi) is 9.23. The fraction of sp³-hybridized carbons (Fsp3) is 0.739. The van der Waals surface area contributed by atoms with Crippen LogP contribution in [0.3, 0.4) is 0 Å². The Bertz CT molecular complexity index is 796. The molecule has 0 bridgehead atoms. The summed E-state index contributed by atoms with van der Waals surface area (Å²) in [5.74, 6) is 2.23. The van der Waals surface area contributed by atoms with Crippen molar-refractivity contribution >= 4 is 17.6 Å². The molecular weight excluding hydrogens is 410 g/mol. The summed E-state index contributed by atoms with van der Waals surface area (Å²) in [4.78, 5) is 23.4. The Labute approximate surface area is 190 Å². The van der Waals surface area contributed by atoms with Crippen LogP contribution in [0.4, 0.5) is 5.95 Å². The van der Waals surface area contributed by atoms with Crippen LogP contribution < -0.4 is 10.2 Å². The van der Waals surface area contributed by atoms with Gasteiger partial charge in [-0.05, 0) is 50.1 Å². The molecule has 2 N–H and O–H groups in total. The topological polar surface area (TPSA) is 113 Å². The fourth-order valence-corrected chi connectivity index (χ4v) is 4.05. The number of piperidine rings is 1. The van der Waals surface area contributed by atoms with Crippen molar-refractivity contribution in [1.82, 2.24) is 15.5 Å². The maximum atomic E-state index is 12.2. The van der Waals surface area contributed by atoms with Crippen LogP contribution in [0.1, 0.15) is 71.1 Å². The van der Waals surface area contributed by atoms with Gasteiger partial charge in [-0.2, -0.15) is 4.98 Å². The molecule has 32 heavy (non-hydrogen) atoms. The molecule has 1 aromatic rings. The van der Waals surface area contributed by atoms with Crippen LogP contribution in [-0.2, 0) is 9.53 Å². The third-order valence-corrected chi connectivity index (χ3v) is 6.01. The van der Waals surface area contributed by atoms with Gasteiger partial charge in [0.05, 0.1) is 5.57 Å². The predicted octanol–water partition coefficient (Wildman–Crippen LogP) is 2.82. The molecule has 9 nitrogen and oxygen atoms in total. The summed E-state index contributed by atoms with van der Waals surface area (Å²) >= 11 is 0. The number of nitrogens with one attached hydrogen (secondary N) is 1. The molecule has 178 valence electrons. The minimum absolute atomic E-state index is 0.0688. The van der Waals surface area contributed by atoms with Crippen molar-refractivity contribution in [1.29, 1.82) is 0 Å². The lowest BCUT2D eigenvalue weighted by molar-refractivity contribution is -0.117. The Morgan fingerprint density at radius 2 is 2.12 bits per heavy atom. The number of aliphatic imine (C=N–C) groups is 1. The number of nitrogens with zero attached hydrogens (tertiary/aromatic N) is 4. The van der Waals surface area contributed by atoms with E-state index in [0.717, 1.165) is 44.7 Å². The number of anilines is 1. The number of ether oxygens (including phenoxy) is 1. The summed E-state index contributed by atoms with van der Waals surface area (Å²) in [5, 5.41) is 15.7. The highest BCUT2D eigenvalue weighted by atomic mass is 16.5. The zero-order valence-corrected chi connectivity index (χ0v) is 19.5. The highest BCUT2D eigenvalue weighted by molar-refractivity contribution is 6.21. The number of aromatic nitrogens is 2. The van der Waals surface area contributed by atoms with Crippen molar-refractivity contribution in [2.75, 3.05) is 37.7 Å². The molecule has 1 aromatic heterocycles. The summed E-state index contributed by atoms with van der Waals surface area (Å²) in [6.45, 7) is 9.08. The molecule has 2 aliphatic heterocycles. The molecule has 0 spiro atoms. The van der Waals surface area contributed by atoms with E-state index in [1.807, 2.05) is 13.0 Å². The SMILES string of the molecule is CC1=NC(OCCCC2CCN(c3noc(C(C)C)n3)CC2)CC=C1C(=O)NCCCO. The van der Waals surface area contributed by atoms with E-state index in [1.165, 1.54) is 0 Å². The van der Waals surface area contributed by atoms with Crippen LogP contribution in [0.15, 0.2) is 21.2 Å². The molecule has 2 aliphatic rings. The second-order valence-electron chi connectivity index (χ2n) is 8.89. The molecule has 1 atom stereocenters. The number of hydrogen-bond acceptors (Lipinski definition) is 8. The minimum atomic E-state index is -0.209. The highest BCUT2D eigenvalue weighted by Crippen LogP contribution is 2.26. The molecule has 3 heterocycles. The molecule has 0 aromatic carbocycles. The number of aliphatic hydroxyl groups is 1. The second kappa shape index (κ2) is 12.1. The van der Waals surface area contributed by atoms with E-state index in [2.05, 4.69) is 39.2 Å². The summed E-state index contributed by atoms with van der Waals surface area (Å²) in [5.41, 5.74) is 1.31. The highest BCUT2D eigenvalue weighted by Gasteiger charge is 2.23. The van der Waals surface area contributed by atoms with Gasteiger partial charge in [0, 0.05) is 50.9 Å². The average molecular weight is 448 g/mol. The van der Waals surface area contributed by atoms with Gasteiger partial charge < -0.3 is 24.6 Å². The van der Waals surface area contributed by atoms with Crippen LogP contribution in [-0.4, -0.2) is 65.9 Å². The van der Waals surface area contributed by atoms with Gasteiger partial charge in [0.15, 0.2) is 6.23 Å². The first kappa shape index (κ1) is 24.4. The lowest BCUT2D eigenvalue weighted by Crippen LogP contribution is -2.34. The standard InChI is InChI=1S/C23H37N5O4/c1-16(2)22-26-23(27-32-22)28-12-9-18(10-13-28)6-4-15-31-20-8-7-19(17(3)25-20)21(30)24-11-5-14-29/h7,16,18,20,29H,4-6,8-15H2,1-3H3,(H,24,30). The molecule has 1 unspecified atom stereocenters. The summed E-state index contributed by atoms with van der Waals surface area (Å²) in [6.07, 6.45) is 7.26. The van der Waals surface area contributed by atoms with Crippen molar-refractivity contribution in [3.8, 4) is 0 Å². The third-order valence-electron chi connectivity index (χ3n) is 6.01. The van der Waals surface area contributed by atoms with Gasteiger partial charge in [0.25, 0.3) is 11.9 Å². The van der Waals surface area contributed by atoms with Gasteiger partial charge in [-0.15, -0.1) is 0 Å². The van der Waals surface area contributed by atoms with E-state index in [4.69, 9.17) is 14.4 Å². The monoisotopic (exact) mass is 447 g/mol. The Morgan fingerprint density at radius 3 is 2.78 bits per heavy atom. The number of rotatable bonds is 11. The van der Waals surface area contributed by atoms with Crippen molar-refractivity contribution < 1.29 is 19.2 Å². The first-order chi connectivity index (χ1) is 15.5. The Hall–Kier alpha value is -2.26. The number of carbonyl (C=O) groups is 1. The number of hydrogen-bond donors (Lipinski definition) is 2. The van der Waals surface area contributed by atoms with Crippen molar-refractivity contribution in [2.45, 2.75) is 71.4 Å². The number of carbonyl (C=O) groups excluding carboxylic acids is 1. The van der Waals surface area contributed by atoms with Crippen molar-refractivity contribution in [2.24, 2.45) is 10.9 Å². The molecule has 3 rings (SSSR count). The lowest BCUT2D eigenvalue weighted by Gasteiger charge is -2.31. The van der Waals surface area contributed by atoms with E-state index in [0.29, 0.717) is 49.1 Å². The fourth-order valence-electron chi connectivity index (χ4n) is 4.05. The minimum Gasteiger partial charge on any atom is -0.396 e. The van der Waals surface area contributed by atoms with Gasteiger partial charge in [-0.25, -0.2) is 0 Å². The van der Waals surface area contributed by atoms with Crippen LogP contribution >= 0.6 is 0 Å². The van der Waals surface area contributed by atoms with E-state index >= 15 is 0 Å².